The van der Waals surface area contributed by atoms with Gasteiger partial charge in [0.2, 0.25) is 0 Å². The SMILES string of the molecule is NC(=O)[S-].NC(=O)[S-].[Mg+2]. The van der Waals surface area contributed by atoms with Crippen LogP contribution in [0.1, 0.15) is 0 Å². The number of hydrogen-bond acceptors (Lipinski definition) is 4. The molecule has 0 rings (SSSR count). The second-order valence-electron chi connectivity index (χ2n) is 0.638. The van der Waals surface area contributed by atoms with Gasteiger partial charge in [0, 0.05) is 0 Å². The van der Waals surface area contributed by atoms with Crippen molar-refractivity contribution in [2.45, 2.75) is 0 Å². The molecule has 0 atom stereocenters. The number of amides is 2. The third-order valence-corrected chi connectivity index (χ3v) is 0. The molecule has 2 amide bonds. The van der Waals surface area contributed by atoms with Crippen LogP contribution in [0.15, 0.2) is 0 Å². The van der Waals surface area contributed by atoms with Gasteiger partial charge in [0.1, 0.15) is 0 Å². The van der Waals surface area contributed by atoms with E-state index in [1.807, 2.05) is 0 Å². The summed E-state index contributed by atoms with van der Waals surface area (Å²) in [5.41, 5.74) is 8.57. The molecule has 0 aromatic rings. The monoisotopic (exact) mass is 176 g/mol. The summed E-state index contributed by atoms with van der Waals surface area (Å²) in [6.45, 7) is 0. The number of rotatable bonds is 0. The molecule has 0 aliphatic heterocycles. The van der Waals surface area contributed by atoms with E-state index < -0.39 is 10.5 Å². The molecule has 0 aromatic carbocycles. The summed E-state index contributed by atoms with van der Waals surface area (Å²) < 4.78 is 0. The maximum atomic E-state index is 9.04. The van der Waals surface area contributed by atoms with Crippen LogP contribution in [0.3, 0.4) is 0 Å². The van der Waals surface area contributed by atoms with Crippen LogP contribution in [0.25, 0.3) is 0 Å². The average molecular weight is 177 g/mol. The molecule has 4 nitrogen and oxygen atoms in total. The fraction of sp³-hybridized carbons (Fsp3) is 0. The van der Waals surface area contributed by atoms with Crippen LogP contribution < -0.4 is 11.5 Å². The Balaban J connectivity index is -0.0000000720. The van der Waals surface area contributed by atoms with Crippen molar-refractivity contribution in [3.05, 3.63) is 0 Å². The van der Waals surface area contributed by atoms with E-state index in [1.165, 1.54) is 0 Å². The minimum Gasteiger partial charge on any atom is -0.719 e. The van der Waals surface area contributed by atoms with E-state index >= 15 is 0 Å². The van der Waals surface area contributed by atoms with Crippen LogP contribution in [0.4, 0.5) is 9.59 Å². The quantitative estimate of drug-likeness (QED) is 0.360. The number of carbonyl (C=O) groups is 2. The Morgan fingerprint density at radius 1 is 1.00 bits per heavy atom. The van der Waals surface area contributed by atoms with E-state index in [4.69, 9.17) is 9.59 Å². The standard InChI is InChI=1S/2CH3NOS.Mg/c2*2-1(3)4;/h2*(H3,2,3,4);/q;;+2/p-2. The first-order valence-corrected chi connectivity index (χ1v) is 2.21. The summed E-state index contributed by atoms with van der Waals surface area (Å²) in [6, 6.07) is 0. The molecule has 4 N–H and O–H groups in total. The van der Waals surface area contributed by atoms with E-state index in [9.17, 15) is 0 Å². The first-order chi connectivity index (χ1) is 3.46. The number of carbonyl (C=O) groups excluding carboxylic acids is 2. The van der Waals surface area contributed by atoms with Gasteiger partial charge in [-0.15, -0.1) is 0 Å². The fourth-order valence-electron chi connectivity index (χ4n) is 0. The van der Waals surface area contributed by atoms with Gasteiger partial charge >= 0.3 is 23.1 Å². The minimum absolute atomic E-state index is 0. The number of hydrogen-bond donors (Lipinski definition) is 2. The molecule has 0 aliphatic rings. The van der Waals surface area contributed by atoms with Gasteiger partial charge in [0.05, 0.1) is 10.5 Å². The van der Waals surface area contributed by atoms with Crippen molar-refractivity contribution in [3.63, 3.8) is 0 Å². The van der Waals surface area contributed by atoms with E-state index in [0.717, 1.165) is 0 Å². The van der Waals surface area contributed by atoms with Gasteiger partial charge in [0.25, 0.3) is 0 Å². The zero-order valence-electron chi connectivity index (χ0n) is 4.49. The summed E-state index contributed by atoms with van der Waals surface area (Å²) >= 11 is 7.52. The van der Waals surface area contributed by atoms with E-state index in [-0.39, 0.29) is 23.1 Å². The molecule has 0 saturated carbocycles. The van der Waals surface area contributed by atoms with E-state index in [1.54, 1.807) is 0 Å². The minimum atomic E-state index is -0.750. The predicted molar refractivity (Wildman–Crippen MR) is 39.7 cm³/mol. The number of nitrogens with two attached hydrogens (primary N) is 2. The normalized spacial score (nSPS) is 5.33. The molecule has 9 heavy (non-hydrogen) atoms. The van der Waals surface area contributed by atoms with Crippen molar-refractivity contribution in [1.82, 2.24) is 0 Å². The van der Waals surface area contributed by atoms with Gasteiger partial charge in [-0.3, -0.25) is 0 Å². The van der Waals surface area contributed by atoms with Crippen molar-refractivity contribution < 1.29 is 9.59 Å². The van der Waals surface area contributed by atoms with Crippen LogP contribution in [0.2, 0.25) is 0 Å². The summed E-state index contributed by atoms with van der Waals surface area (Å²) in [7, 11) is 0. The molecule has 48 valence electrons. The van der Waals surface area contributed by atoms with Crippen LogP contribution in [0, 0.1) is 0 Å². The Labute approximate surface area is 79.7 Å². The summed E-state index contributed by atoms with van der Waals surface area (Å²) in [6.07, 6.45) is 0. The maximum absolute atomic E-state index is 9.04. The molecule has 0 spiro atoms. The van der Waals surface area contributed by atoms with Crippen LogP contribution in [0.5, 0.6) is 0 Å². The molecular formula is C2H4MgN2O2S2. The van der Waals surface area contributed by atoms with Crippen molar-refractivity contribution in [3.8, 4) is 0 Å². The molecule has 7 heteroatoms. The smallest absolute Gasteiger partial charge is 0.719 e. The summed E-state index contributed by atoms with van der Waals surface area (Å²) in [4.78, 5) is 18.1. The first-order valence-electron chi connectivity index (χ1n) is 1.39. The molecule has 0 heterocycles. The summed E-state index contributed by atoms with van der Waals surface area (Å²) in [5.74, 6) is 0. The third kappa shape index (κ3) is 14400. The van der Waals surface area contributed by atoms with Gasteiger partial charge < -0.3 is 46.3 Å². The molecule has 0 aromatic heterocycles. The number of primary amides is 2. The first kappa shape index (κ1) is 16.1. The molecule has 0 bridgehead atoms. The molecule has 0 radical (unpaired) electrons. The predicted octanol–water partition coefficient (Wildman–Crippen LogP) is -1.16. The van der Waals surface area contributed by atoms with Gasteiger partial charge in [-0.25, -0.2) is 0 Å². The van der Waals surface area contributed by atoms with Crippen molar-refractivity contribution in [1.29, 1.82) is 0 Å². The maximum Gasteiger partial charge on any atom is 2.00 e. The molecule has 0 saturated heterocycles. The Bertz CT molecular complexity index is 78.6. The van der Waals surface area contributed by atoms with Crippen molar-refractivity contribution >= 4 is 58.8 Å². The zero-order valence-corrected chi connectivity index (χ0v) is 7.54. The largest absolute Gasteiger partial charge is 2.00 e. The van der Waals surface area contributed by atoms with Crippen LogP contribution in [-0.2, 0) is 25.3 Å². The Morgan fingerprint density at radius 3 is 1.00 bits per heavy atom. The molecular weight excluding hydrogens is 172 g/mol. The Hall–Kier alpha value is 0.146. The second-order valence-corrected chi connectivity index (χ2v) is 1.44. The molecule has 0 unspecified atom stereocenters. The topological polar surface area (TPSA) is 86.2 Å². The average Bonchev–Trinajstić information content (AvgIpc) is 1.25. The Kier molecular flexibility index (Phi) is 19.7. The van der Waals surface area contributed by atoms with Crippen LogP contribution in [-0.4, -0.2) is 33.5 Å². The van der Waals surface area contributed by atoms with E-state index in [2.05, 4.69) is 36.7 Å². The van der Waals surface area contributed by atoms with Gasteiger partial charge in [-0.05, 0) is 0 Å². The second kappa shape index (κ2) is 11.0. The van der Waals surface area contributed by atoms with Gasteiger partial charge in [0.15, 0.2) is 0 Å². The molecule has 0 fully saturated rings. The molecule has 0 aliphatic carbocycles. The Morgan fingerprint density at radius 2 is 1.00 bits per heavy atom. The van der Waals surface area contributed by atoms with Crippen LogP contribution >= 0.6 is 0 Å². The third-order valence-electron chi connectivity index (χ3n) is 0. The fourth-order valence-corrected chi connectivity index (χ4v) is 0. The summed E-state index contributed by atoms with van der Waals surface area (Å²) in [5, 5.41) is -1.50. The van der Waals surface area contributed by atoms with Crippen molar-refractivity contribution in [2.24, 2.45) is 11.5 Å². The van der Waals surface area contributed by atoms with Gasteiger partial charge in [-0.2, -0.15) is 0 Å². The van der Waals surface area contributed by atoms with E-state index in [0.29, 0.717) is 0 Å². The van der Waals surface area contributed by atoms with Gasteiger partial charge in [-0.1, -0.05) is 0 Å². The zero-order chi connectivity index (χ0) is 7.15. The van der Waals surface area contributed by atoms with Crippen molar-refractivity contribution in [2.75, 3.05) is 0 Å².